The van der Waals surface area contributed by atoms with E-state index in [9.17, 15) is 0 Å². The van der Waals surface area contributed by atoms with E-state index in [1.807, 2.05) is 44.3 Å². The first-order chi connectivity index (χ1) is 12.7. The third kappa shape index (κ3) is 6.03. The molecule has 0 spiro atoms. The van der Waals surface area contributed by atoms with Crippen molar-refractivity contribution in [2.45, 2.75) is 26.9 Å². The molecule has 0 bridgehead atoms. The van der Waals surface area contributed by atoms with Crippen LogP contribution < -0.4 is 5.32 Å². The van der Waals surface area contributed by atoms with Gasteiger partial charge in [0, 0.05) is 24.5 Å². The summed E-state index contributed by atoms with van der Waals surface area (Å²) in [7, 11) is 2.01. The highest BCUT2D eigenvalue weighted by molar-refractivity contribution is 14.0. The van der Waals surface area contributed by atoms with Crippen molar-refractivity contribution in [3.8, 4) is 11.5 Å². The molecule has 1 aromatic carbocycles. The number of thiazole rings is 1. The molecule has 0 amide bonds. The molecular weight excluding hydrogens is 473 g/mol. The monoisotopic (exact) mass is 497 g/mol. The van der Waals surface area contributed by atoms with Gasteiger partial charge in [0.05, 0.1) is 23.8 Å². The van der Waals surface area contributed by atoms with E-state index in [0.29, 0.717) is 19.0 Å². The molecule has 0 radical (unpaired) electrons. The van der Waals surface area contributed by atoms with Crippen LogP contribution in [-0.2, 0) is 13.1 Å². The number of nitrogens with one attached hydrogen (secondary N) is 1. The first-order valence-corrected chi connectivity index (χ1v) is 9.44. The molecule has 3 aromatic rings. The van der Waals surface area contributed by atoms with Crippen LogP contribution in [-0.4, -0.2) is 34.4 Å². The number of aromatic nitrogens is 2. The minimum Gasteiger partial charge on any atom is -0.444 e. The molecule has 0 aliphatic heterocycles. The average Bonchev–Trinajstić information content (AvgIpc) is 3.28. The Morgan fingerprint density at radius 3 is 2.67 bits per heavy atom. The highest BCUT2D eigenvalue weighted by Crippen LogP contribution is 2.18. The van der Waals surface area contributed by atoms with Gasteiger partial charge in [0.1, 0.15) is 12.0 Å². The van der Waals surface area contributed by atoms with Crippen LogP contribution >= 0.6 is 35.3 Å². The van der Waals surface area contributed by atoms with Crippen molar-refractivity contribution in [2.24, 2.45) is 4.99 Å². The van der Waals surface area contributed by atoms with Crippen molar-refractivity contribution in [2.75, 3.05) is 13.6 Å². The van der Waals surface area contributed by atoms with Crippen LogP contribution in [0.4, 0.5) is 0 Å². The van der Waals surface area contributed by atoms with E-state index < -0.39 is 0 Å². The van der Waals surface area contributed by atoms with Gasteiger partial charge in [0.2, 0.25) is 5.89 Å². The Morgan fingerprint density at radius 1 is 1.22 bits per heavy atom. The van der Waals surface area contributed by atoms with Gasteiger partial charge in [-0.05, 0) is 26.0 Å². The lowest BCUT2D eigenvalue weighted by Crippen LogP contribution is -2.38. The minimum atomic E-state index is 0. The lowest BCUT2D eigenvalue weighted by atomic mass is 10.2. The van der Waals surface area contributed by atoms with Crippen molar-refractivity contribution in [1.82, 2.24) is 20.2 Å². The van der Waals surface area contributed by atoms with Gasteiger partial charge in [-0.15, -0.1) is 35.3 Å². The number of aliphatic imine (C=N–C) groups is 1. The number of aryl methyl sites for hydroxylation is 1. The van der Waals surface area contributed by atoms with Gasteiger partial charge in [0.15, 0.2) is 5.96 Å². The zero-order valence-electron chi connectivity index (χ0n) is 15.7. The molecule has 0 unspecified atom stereocenters. The maximum atomic E-state index is 5.58. The van der Waals surface area contributed by atoms with Crippen molar-refractivity contribution < 1.29 is 4.42 Å². The first-order valence-electron chi connectivity index (χ1n) is 8.56. The molecule has 27 heavy (non-hydrogen) atoms. The molecule has 0 atom stereocenters. The molecule has 2 heterocycles. The third-order valence-electron chi connectivity index (χ3n) is 3.73. The van der Waals surface area contributed by atoms with Gasteiger partial charge in [-0.2, -0.15) is 0 Å². The van der Waals surface area contributed by atoms with E-state index in [4.69, 9.17) is 4.42 Å². The Bertz CT molecular complexity index is 862. The second-order valence-corrected chi connectivity index (χ2v) is 6.96. The zero-order chi connectivity index (χ0) is 18.4. The van der Waals surface area contributed by atoms with Crippen LogP contribution in [0.5, 0.6) is 0 Å². The van der Waals surface area contributed by atoms with E-state index in [1.54, 1.807) is 17.6 Å². The van der Waals surface area contributed by atoms with Crippen molar-refractivity contribution in [3.05, 3.63) is 58.4 Å². The second-order valence-electron chi connectivity index (χ2n) is 5.89. The fourth-order valence-electron chi connectivity index (χ4n) is 2.52. The molecule has 3 rings (SSSR count). The molecule has 0 saturated carbocycles. The average molecular weight is 497 g/mol. The first kappa shape index (κ1) is 21.4. The van der Waals surface area contributed by atoms with E-state index in [2.05, 4.69) is 37.5 Å². The Kier molecular flexibility index (Phi) is 8.23. The maximum absolute atomic E-state index is 5.58. The van der Waals surface area contributed by atoms with Crippen LogP contribution in [0.15, 0.2) is 51.4 Å². The molecule has 0 saturated heterocycles. The van der Waals surface area contributed by atoms with E-state index >= 15 is 0 Å². The topological polar surface area (TPSA) is 66.6 Å². The third-order valence-corrected chi connectivity index (χ3v) is 4.55. The summed E-state index contributed by atoms with van der Waals surface area (Å²) < 4.78 is 5.58. The smallest absolute Gasteiger partial charge is 0.226 e. The van der Waals surface area contributed by atoms with Gasteiger partial charge in [-0.3, -0.25) is 0 Å². The highest BCUT2D eigenvalue weighted by atomic mass is 127. The van der Waals surface area contributed by atoms with Gasteiger partial charge in [0.25, 0.3) is 0 Å². The normalized spacial score (nSPS) is 11.1. The van der Waals surface area contributed by atoms with Crippen LogP contribution in [0.1, 0.15) is 23.3 Å². The SMILES string of the molecule is CCNC(=NCc1coc(-c2ccccc2)n1)N(C)Cc1csc(C)n1.I. The lowest BCUT2D eigenvalue weighted by Gasteiger charge is -2.20. The number of rotatable bonds is 6. The van der Waals surface area contributed by atoms with E-state index in [0.717, 1.165) is 34.5 Å². The molecule has 6 nitrogen and oxygen atoms in total. The number of guanidine groups is 1. The lowest BCUT2D eigenvalue weighted by molar-refractivity contribution is 0.470. The number of hydrogen-bond donors (Lipinski definition) is 1. The molecular formula is C19H24IN5OS. The summed E-state index contributed by atoms with van der Waals surface area (Å²) in [5.41, 5.74) is 2.82. The molecule has 0 fully saturated rings. The van der Waals surface area contributed by atoms with Crippen LogP contribution in [0.3, 0.4) is 0 Å². The van der Waals surface area contributed by atoms with E-state index in [-0.39, 0.29) is 24.0 Å². The molecule has 2 aromatic heterocycles. The number of nitrogens with zero attached hydrogens (tertiary/aromatic N) is 4. The Hall–Kier alpha value is -1.94. The summed E-state index contributed by atoms with van der Waals surface area (Å²) in [6.07, 6.45) is 1.67. The Balaban J connectivity index is 0.00000261. The molecule has 0 aliphatic rings. The summed E-state index contributed by atoms with van der Waals surface area (Å²) in [6, 6.07) is 9.87. The summed E-state index contributed by atoms with van der Waals surface area (Å²) in [5, 5.41) is 6.47. The number of halogens is 1. The van der Waals surface area contributed by atoms with Crippen molar-refractivity contribution in [1.29, 1.82) is 0 Å². The molecule has 1 N–H and O–H groups in total. The minimum absolute atomic E-state index is 0. The summed E-state index contributed by atoms with van der Waals surface area (Å²) >= 11 is 1.66. The zero-order valence-corrected chi connectivity index (χ0v) is 18.8. The summed E-state index contributed by atoms with van der Waals surface area (Å²) in [4.78, 5) is 15.8. The van der Waals surface area contributed by atoms with Crippen molar-refractivity contribution in [3.63, 3.8) is 0 Å². The standard InChI is InChI=1S/C19H23N5OS.HI/c1-4-20-19(24(3)11-17-13-26-14(2)22-17)21-10-16-12-25-18(23-16)15-8-6-5-7-9-15;/h5-9,12-13H,4,10-11H2,1-3H3,(H,20,21);1H. The summed E-state index contributed by atoms with van der Waals surface area (Å²) in [5.74, 6) is 1.44. The van der Waals surface area contributed by atoms with Gasteiger partial charge < -0.3 is 14.6 Å². The van der Waals surface area contributed by atoms with Gasteiger partial charge in [-0.1, -0.05) is 18.2 Å². The van der Waals surface area contributed by atoms with Crippen LogP contribution in [0, 0.1) is 6.92 Å². The number of oxazole rings is 1. The van der Waals surface area contributed by atoms with Gasteiger partial charge >= 0.3 is 0 Å². The maximum Gasteiger partial charge on any atom is 0.226 e. The Morgan fingerprint density at radius 2 is 2.00 bits per heavy atom. The largest absolute Gasteiger partial charge is 0.444 e. The highest BCUT2D eigenvalue weighted by Gasteiger charge is 2.10. The van der Waals surface area contributed by atoms with Crippen molar-refractivity contribution >= 4 is 41.3 Å². The fraction of sp³-hybridized carbons (Fsp3) is 0.316. The number of hydrogen-bond acceptors (Lipinski definition) is 5. The quantitative estimate of drug-likeness (QED) is 0.312. The predicted octanol–water partition coefficient (Wildman–Crippen LogP) is 4.32. The fourth-order valence-corrected chi connectivity index (χ4v) is 3.12. The predicted molar refractivity (Wildman–Crippen MR) is 120 cm³/mol. The van der Waals surface area contributed by atoms with Crippen LogP contribution in [0.2, 0.25) is 0 Å². The van der Waals surface area contributed by atoms with E-state index in [1.165, 1.54) is 0 Å². The van der Waals surface area contributed by atoms with Crippen LogP contribution in [0.25, 0.3) is 11.5 Å². The molecule has 0 aliphatic carbocycles. The molecule has 8 heteroatoms. The summed E-state index contributed by atoms with van der Waals surface area (Å²) in [6.45, 7) is 6.04. The number of benzene rings is 1. The molecule has 144 valence electrons. The second kappa shape index (κ2) is 10.4. The Labute approximate surface area is 180 Å². The van der Waals surface area contributed by atoms with Gasteiger partial charge in [-0.25, -0.2) is 15.0 Å².